The Balaban J connectivity index is 2.51. The molecule has 0 radical (unpaired) electrons. The zero-order valence-electron chi connectivity index (χ0n) is 7.52. The molecule has 0 saturated heterocycles. The first-order valence-electron chi connectivity index (χ1n) is 4.31. The summed E-state index contributed by atoms with van der Waals surface area (Å²) in [6.07, 6.45) is 5.20. The quantitative estimate of drug-likeness (QED) is 0.764. The molecule has 0 unspecified atom stereocenters. The predicted molar refractivity (Wildman–Crippen MR) is 60.1 cm³/mol. The molecule has 3 heteroatoms. The van der Waals surface area contributed by atoms with Crippen molar-refractivity contribution in [1.29, 1.82) is 0 Å². The van der Waals surface area contributed by atoms with Gasteiger partial charge < -0.3 is 0 Å². The van der Waals surface area contributed by atoms with Crippen LogP contribution in [0.3, 0.4) is 0 Å². The first kappa shape index (κ1) is 9.34. The molecule has 1 heterocycles. The molecule has 0 N–H and O–H groups in total. The van der Waals surface area contributed by atoms with E-state index in [0.717, 1.165) is 10.9 Å². The van der Waals surface area contributed by atoms with Crippen molar-refractivity contribution in [2.45, 2.75) is 5.33 Å². The Bertz CT molecular complexity index is 415. The maximum Gasteiger partial charge on any atom is 0.115 e. The van der Waals surface area contributed by atoms with Gasteiger partial charge in [-0.1, -0.05) is 40.2 Å². The topological polar surface area (TPSA) is 25.8 Å². The van der Waals surface area contributed by atoms with Crippen molar-refractivity contribution in [2.24, 2.45) is 0 Å². The molecular formula is C11H9BrN2. The standard InChI is InChI=1S/C11H9BrN2/c12-5-9-3-1-2-4-11(9)10-6-13-8-14-7-10/h1-4,6-8H,5H2. The largest absolute Gasteiger partial charge is 0.244 e. The van der Waals surface area contributed by atoms with Crippen molar-refractivity contribution in [1.82, 2.24) is 9.97 Å². The van der Waals surface area contributed by atoms with Crippen LogP contribution >= 0.6 is 15.9 Å². The monoisotopic (exact) mass is 248 g/mol. The lowest BCUT2D eigenvalue weighted by Crippen LogP contribution is -1.87. The van der Waals surface area contributed by atoms with Gasteiger partial charge in [-0.15, -0.1) is 0 Å². The second kappa shape index (κ2) is 4.33. The van der Waals surface area contributed by atoms with Gasteiger partial charge in [0, 0.05) is 23.3 Å². The molecule has 0 aliphatic rings. The number of alkyl halides is 1. The number of hydrogen-bond donors (Lipinski definition) is 0. The van der Waals surface area contributed by atoms with Crippen molar-refractivity contribution < 1.29 is 0 Å². The zero-order valence-corrected chi connectivity index (χ0v) is 9.11. The van der Waals surface area contributed by atoms with Gasteiger partial charge in [0.25, 0.3) is 0 Å². The van der Waals surface area contributed by atoms with Crippen LogP contribution in [0.5, 0.6) is 0 Å². The van der Waals surface area contributed by atoms with Gasteiger partial charge in [0.15, 0.2) is 0 Å². The van der Waals surface area contributed by atoms with E-state index >= 15 is 0 Å². The number of benzene rings is 1. The molecule has 0 aliphatic carbocycles. The summed E-state index contributed by atoms with van der Waals surface area (Å²) in [5, 5.41) is 0.845. The molecule has 0 spiro atoms. The predicted octanol–water partition coefficient (Wildman–Crippen LogP) is 3.04. The van der Waals surface area contributed by atoms with Gasteiger partial charge in [-0.25, -0.2) is 9.97 Å². The molecule has 0 bridgehead atoms. The smallest absolute Gasteiger partial charge is 0.115 e. The SMILES string of the molecule is BrCc1ccccc1-c1cncnc1. The van der Waals surface area contributed by atoms with Crippen LogP contribution in [0, 0.1) is 0 Å². The number of rotatable bonds is 2. The summed E-state index contributed by atoms with van der Waals surface area (Å²) >= 11 is 3.46. The van der Waals surface area contributed by atoms with Crippen molar-refractivity contribution in [3.63, 3.8) is 0 Å². The van der Waals surface area contributed by atoms with Crippen molar-refractivity contribution in [3.05, 3.63) is 48.5 Å². The Morgan fingerprint density at radius 2 is 1.79 bits per heavy atom. The lowest BCUT2D eigenvalue weighted by Gasteiger charge is -2.05. The Morgan fingerprint density at radius 1 is 1.07 bits per heavy atom. The highest BCUT2D eigenvalue weighted by atomic mass is 79.9. The first-order chi connectivity index (χ1) is 6.92. The lowest BCUT2D eigenvalue weighted by atomic mass is 10.0. The number of aromatic nitrogens is 2. The van der Waals surface area contributed by atoms with Crippen LogP contribution in [0.4, 0.5) is 0 Å². The fourth-order valence-electron chi connectivity index (χ4n) is 1.36. The number of nitrogens with zero attached hydrogens (tertiary/aromatic N) is 2. The van der Waals surface area contributed by atoms with Crippen LogP contribution in [0.15, 0.2) is 43.0 Å². The third-order valence-corrected chi connectivity index (χ3v) is 2.64. The molecule has 2 aromatic rings. The van der Waals surface area contributed by atoms with Crippen LogP contribution in [0.1, 0.15) is 5.56 Å². The van der Waals surface area contributed by atoms with Gasteiger partial charge in [0.2, 0.25) is 0 Å². The van der Waals surface area contributed by atoms with Gasteiger partial charge in [-0.2, -0.15) is 0 Å². The molecular weight excluding hydrogens is 240 g/mol. The zero-order chi connectivity index (χ0) is 9.80. The molecule has 2 rings (SSSR count). The highest BCUT2D eigenvalue weighted by molar-refractivity contribution is 9.08. The van der Waals surface area contributed by atoms with Gasteiger partial charge in [-0.3, -0.25) is 0 Å². The third-order valence-electron chi connectivity index (χ3n) is 2.03. The van der Waals surface area contributed by atoms with E-state index in [1.165, 1.54) is 11.1 Å². The van der Waals surface area contributed by atoms with E-state index < -0.39 is 0 Å². The normalized spacial score (nSPS) is 10.1. The molecule has 0 saturated carbocycles. The minimum Gasteiger partial charge on any atom is -0.244 e. The van der Waals surface area contributed by atoms with E-state index in [0.29, 0.717) is 0 Å². The average Bonchev–Trinajstić information content (AvgIpc) is 2.30. The minimum absolute atomic E-state index is 0.845. The summed E-state index contributed by atoms with van der Waals surface area (Å²) in [6, 6.07) is 8.23. The summed E-state index contributed by atoms with van der Waals surface area (Å²) < 4.78 is 0. The van der Waals surface area contributed by atoms with Crippen LogP contribution < -0.4 is 0 Å². The van der Waals surface area contributed by atoms with Gasteiger partial charge >= 0.3 is 0 Å². The summed E-state index contributed by atoms with van der Waals surface area (Å²) in [5.41, 5.74) is 3.50. The Hall–Kier alpha value is -1.22. The van der Waals surface area contributed by atoms with Gasteiger partial charge in [-0.05, 0) is 11.1 Å². The maximum atomic E-state index is 4.01. The molecule has 14 heavy (non-hydrogen) atoms. The minimum atomic E-state index is 0.845. The maximum absolute atomic E-state index is 4.01. The van der Waals surface area contributed by atoms with E-state index in [1.807, 2.05) is 24.5 Å². The number of hydrogen-bond acceptors (Lipinski definition) is 2. The first-order valence-corrected chi connectivity index (χ1v) is 5.43. The molecule has 2 nitrogen and oxygen atoms in total. The fourth-order valence-corrected chi connectivity index (χ4v) is 1.85. The Morgan fingerprint density at radius 3 is 2.50 bits per heavy atom. The second-order valence-electron chi connectivity index (χ2n) is 2.92. The summed E-state index contributed by atoms with van der Waals surface area (Å²) in [6.45, 7) is 0. The molecule has 0 fully saturated rings. The second-order valence-corrected chi connectivity index (χ2v) is 3.48. The Kier molecular flexibility index (Phi) is 2.89. The van der Waals surface area contributed by atoms with Crippen molar-refractivity contribution in [2.75, 3.05) is 0 Å². The molecule has 1 aromatic heterocycles. The fraction of sp³-hybridized carbons (Fsp3) is 0.0909. The lowest BCUT2D eigenvalue weighted by molar-refractivity contribution is 1.17. The van der Waals surface area contributed by atoms with E-state index in [-0.39, 0.29) is 0 Å². The van der Waals surface area contributed by atoms with Crippen LogP contribution in [-0.4, -0.2) is 9.97 Å². The summed E-state index contributed by atoms with van der Waals surface area (Å²) in [5.74, 6) is 0. The van der Waals surface area contributed by atoms with Gasteiger partial charge in [0.05, 0.1) is 0 Å². The Labute approximate surface area is 91.2 Å². The molecule has 0 amide bonds. The van der Waals surface area contributed by atoms with Crippen LogP contribution in [0.2, 0.25) is 0 Å². The van der Waals surface area contributed by atoms with Crippen molar-refractivity contribution >= 4 is 15.9 Å². The molecule has 70 valence electrons. The van der Waals surface area contributed by atoms with E-state index in [2.05, 4.69) is 38.0 Å². The summed E-state index contributed by atoms with van der Waals surface area (Å²) in [7, 11) is 0. The van der Waals surface area contributed by atoms with Crippen LogP contribution in [0.25, 0.3) is 11.1 Å². The average molecular weight is 249 g/mol. The molecule has 1 aromatic carbocycles. The highest BCUT2D eigenvalue weighted by Crippen LogP contribution is 2.23. The van der Waals surface area contributed by atoms with E-state index in [9.17, 15) is 0 Å². The van der Waals surface area contributed by atoms with E-state index in [1.54, 1.807) is 6.33 Å². The van der Waals surface area contributed by atoms with E-state index in [4.69, 9.17) is 0 Å². The van der Waals surface area contributed by atoms with Gasteiger partial charge in [0.1, 0.15) is 6.33 Å². The van der Waals surface area contributed by atoms with Crippen molar-refractivity contribution in [3.8, 4) is 11.1 Å². The third kappa shape index (κ3) is 1.82. The summed E-state index contributed by atoms with van der Waals surface area (Å²) in [4.78, 5) is 8.02. The highest BCUT2D eigenvalue weighted by Gasteiger charge is 2.02. The van der Waals surface area contributed by atoms with Crippen LogP contribution in [-0.2, 0) is 5.33 Å². The molecule has 0 atom stereocenters. The number of halogens is 1. The molecule has 0 aliphatic heterocycles.